The fourth-order valence-corrected chi connectivity index (χ4v) is 7.18. The van der Waals surface area contributed by atoms with Gasteiger partial charge in [-0.05, 0) is 60.4 Å². The van der Waals surface area contributed by atoms with Crippen molar-refractivity contribution in [1.82, 2.24) is 29.8 Å². The van der Waals surface area contributed by atoms with Crippen molar-refractivity contribution in [1.29, 1.82) is 0 Å². The SMILES string of the molecule is Cc1nc2/c(=C\C=C3N(C(c4ccccc4)c4ccccc4)c4nc5ccccc5nc4N3C(c3ccccc3)c3ccccc3)c(C)nn2n1. The molecule has 0 fully saturated rings. The molecule has 0 radical (unpaired) electrons. The molecule has 51 heavy (non-hydrogen) atoms. The molecule has 0 bridgehead atoms. The smallest absolute Gasteiger partial charge is 0.185 e. The maximum absolute atomic E-state index is 5.42. The first kappa shape index (κ1) is 30.4. The zero-order valence-corrected chi connectivity index (χ0v) is 28.2. The lowest BCUT2D eigenvalue weighted by atomic mass is 9.96. The van der Waals surface area contributed by atoms with E-state index in [0.717, 1.165) is 67.3 Å². The first-order valence-electron chi connectivity index (χ1n) is 17.1. The molecule has 5 aromatic carbocycles. The minimum Gasteiger partial charge on any atom is -0.297 e. The van der Waals surface area contributed by atoms with Gasteiger partial charge in [0.25, 0.3) is 0 Å². The van der Waals surface area contributed by atoms with Crippen LogP contribution in [-0.2, 0) is 0 Å². The van der Waals surface area contributed by atoms with E-state index < -0.39 is 0 Å². The molecule has 8 aromatic rings. The van der Waals surface area contributed by atoms with Crippen molar-refractivity contribution >= 4 is 34.4 Å². The molecule has 0 amide bonds. The average Bonchev–Trinajstić information content (AvgIpc) is 3.78. The third-order valence-corrected chi connectivity index (χ3v) is 9.43. The van der Waals surface area contributed by atoms with E-state index in [1.807, 2.05) is 38.1 Å². The molecule has 8 heteroatoms. The summed E-state index contributed by atoms with van der Waals surface area (Å²) in [5.74, 6) is 3.16. The Morgan fingerprint density at radius 1 is 0.471 bits per heavy atom. The van der Waals surface area contributed by atoms with Gasteiger partial charge in [-0.25, -0.2) is 15.0 Å². The average molecular weight is 663 g/mol. The normalized spacial score (nSPS) is 13.3. The molecule has 1 aliphatic rings. The number of rotatable bonds is 7. The van der Waals surface area contributed by atoms with Crippen molar-refractivity contribution in [2.24, 2.45) is 0 Å². The lowest BCUT2D eigenvalue weighted by Gasteiger charge is -2.36. The number of aryl methyl sites for hydroxylation is 2. The van der Waals surface area contributed by atoms with Gasteiger partial charge < -0.3 is 0 Å². The van der Waals surface area contributed by atoms with Gasteiger partial charge in [0.05, 0.1) is 28.8 Å². The Labute approximate surface area is 295 Å². The number of benzene rings is 5. The monoisotopic (exact) mass is 662 g/mol. The zero-order chi connectivity index (χ0) is 34.3. The summed E-state index contributed by atoms with van der Waals surface area (Å²) >= 11 is 0. The molecular formula is C43H34N8. The Balaban J connectivity index is 1.39. The van der Waals surface area contributed by atoms with Crippen LogP contribution in [0.2, 0.25) is 0 Å². The lowest BCUT2D eigenvalue weighted by Crippen LogP contribution is -2.35. The summed E-state index contributed by atoms with van der Waals surface area (Å²) in [5, 5.41) is 10.1. The van der Waals surface area contributed by atoms with Crippen LogP contribution in [0.5, 0.6) is 0 Å². The van der Waals surface area contributed by atoms with Gasteiger partial charge in [0.1, 0.15) is 11.6 Å². The second kappa shape index (κ2) is 12.7. The number of aromatic nitrogens is 6. The van der Waals surface area contributed by atoms with Crippen molar-refractivity contribution in [2.75, 3.05) is 9.80 Å². The number of hydrogen-bond donors (Lipinski definition) is 0. The van der Waals surface area contributed by atoms with Gasteiger partial charge in [0.2, 0.25) is 0 Å². The fourth-order valence-electron chi connectivity index (χ4n) is 7.18. The van der Waals surface area contributed by atoms with Gasteiger partial charge in [0.15, 0.2) is 17.3 Å². The summed E-state index contributed by atoms with van der Waals surface area (Å²) < 4.78 is 1.62. The van der Waals surface area contributed by atoms with E-state index in [9.17, 15) is 0 Å². The highest BCUT2D eigenvalue weighted by atomic mass is 15.5. The molecule has 0 atom stereocenters. The minimum atomic E-state index is -0.229. The van der Waals surface area contributed by atoms with E-state index in [1.54, 1.807) is 4.63 Å². The van der Waals surface area contributed by atoms with Crippen LogP contribution in [-0.4, -0.2) is 29.8 Å². The van der Waals surface area contributed by atoms with Gasteiger partial charge in [0, 0.05) is 5.22 Å². The number of allylic oxidation sites excluding steroid dienone is 1. The predicted molar refractivity (Wildman–Crippen MR) is 202 cm³/mol. The number of hydrogen-bond acceptors (Lipinski definition) is 7. The second-order valence-corrected chi connectivity index (χ2v) is 12.7. The molecule has 0 spiro atoms. The highest BCUT2D eigenvalue weighted by molar-refractivity contribution is 5.88. The quantitative estimate of drug-likeness (QED) is 0.172. The fraction of sp³-hybridized carbons (Fsp3) is 0.0930. The van der Waals surface area contributed by atoms with Crippen LogP contribution in [0.1, 0.15) is 45.9 Å². The maximum atomic E-state index is 5.42. The Bertz CT molecular complexity index is 2360. The molecule has 0 unspecified atom stereocenters. The molecule has 246 valence electrons. The number of fused-ring (bicyclic) bond motifs is 3. The summed E-state index contributed by atoms with van der Waals surface area (Å²) in [6, 6.07) is 50.2. The van der Waals surface area contributed by atoms with Gasteiger partial charge in [-0.1, -0.05) is 133 Å². The van der Waals surface area contributed by atoms with Crippen LogP contribution in [0, 0.1) is 13.8 Å². The number of para-hydroxylation sites is 2. The second-order valence-electron chi connectivity index (χ2n) is 12.7. The first-order chi connectivity index (χ1) is 25.1. The summed E-state index contributed by atoms with van der Waals surface area (Å²) in [7, 11) is 0. The summed E-state index contributed by atoms with van der Waals surface area (Å²) in [5.41, 5.74) is 7.78. The highest BCUT2D eigenvalue weighted by Crippen LogP contribution is 2.51. The van der Waals surface area contributed by atoms with Crippen LogP contribution in [0.25, 0.3) is 22.8 Å². The van der Waals surface area contributed by atoms with Crippen LogP contribution in [0.4, 0.5) is 11.6 Å². The molecule has 8 nitrogen and oxygen atoms in total. The Morgan fingerprint density at radius 2 is 0.882 bits per heavy atom. The first-order valence-corrected chi connectivity index (χ1v) is 17.1. The van der Waals surface area contributed by atoms with E-state index in [1.165, 1.54) is 0 Å². The van der Waals surface area contributed by atoms with Crippen LogP contribution in [0.15, 0.2) is 157 Å². The number of nitrogens with zero attached hydrogens (tertiary/aromatic N) is 8. The predicted octanol–water partition coefficient (Wildman–Crippen LogP) is 7.93. The third kappa shape index (κ3) is 5.38. The summed E-state index contributed by atoms with van der Waals surface area (Å²) in [6.45, 7) is 3.89. The molecule has 0 aliphatic carbocycles. The molecule has 9 rings (SSSR count). The Kier molecular flexibility index (Phi) is 7.54. The van der Waals surface area contributed by atoms with E-state index in [0.29, 0.717) is 5.82 Å². The van der Waals surface area contributed by atoms with Crippen molar-refractivity contribution in [3.8, 4) is 0 Å². The molecule has 4 heterocycles. The zero-order valence-electron chi connectivity index (χ0n) is 28.2. The lowest BCUT2D eigenvalue weighted by molar-refractivity contribution is 0.725. The molecule has 0 N–H and O–H groups in total. The minimum absolute atomic E-state index is 0.229. The molecular weight excluding hydrogens is 629 g/mol. The summed E-state index contributed by atoms with van der Waals surface area (Å²) in [4.78, 5) is 20.3. The third-order valence-electron chi connectivity index (χ3n) is 9.43. The van der Waals surface area contributed by atoms with E-state index >= 15 is 0 Å². The molecule has 0 saturated heterocycles. The van der Waals surface area contributed by atoms with Crippen molar-refractivity contribution in [3.63, 3.8) is 0 Å². The van der Waals surface area contributed by atoms with Crippen molar-refractivity contribution < 1.29 is 0 Å². The van der Waals surface area contributed by atoms with Crippen molar-refractivity contribution in [3.05, 3.63) is 196 Å². The van der Waals surface area contributed by atoms with Crippen molar-refractivity contribution in [2.45, 2.75) is 25.9 Å². The topological polar surface area (TPSA) is 75.3 Å². The van der Waals surface area contributed by atoms with Gasteiger partial charge >= 0.3 is 0 Å². The van der Waals surface area contributed by atoms with Gasteiger partial charge in [-0.2, -0.15) is 5.10 Å². The Morgan fingerprint density at radius 3 is 1.31 bits per heavy atom. The standard InChI is InChI=1S/C43H34N8/c1-29-35(41-44-30(2)48-51(41)47-29)27-28-38-49(39(31-17-7-3-8-18-31)32-19-9-4-10-20-32)42-43(46-37-26-16-15-25-36(37)45-42)50(38)40(33-21-11-5-12-22-33)34-23-13-6-14-24-34/h3-28,39-40H,1-2H3/b35-27-. The molecule has 3 aromatic heterocycles. The largest absolute Gasteiger partial charge is 0.297 e. The van der Waals surface area contributed by atoms with Crippen LogP contribution >= 0.6 is 0 Å². The highest BCUT2D eigenvalue weighted by Gasteiger charge is 2.43. The summed E-state index contributed by atoms with van der Waals surface area (Å²) in [6.07, 6.45) is 4.30. The van der Waals surface area contributed by atoms with E-state index in [2.05, 4.69) is 153 Å². The van der Waals surface area contributed by atoms with Crippen LogP contribution < -0.4 is 15.0 Å². The van der Waals surface area contributed by atoms with Crippen LogP contribution in [0.3, 0.4) is 0 Å². The number of anilines is 2. The Hall–Kier alpha value is -6.67. The maximum Gasteiger partial charge on any atom is 0.185 e. The van der Waals surface area contributed by atoms with E-state index in [4.69, 9.17) is 15.0 Å². The molecule has 1 aliphatic heterocycles. The van der Waals surface area contributed by atoms with Gasteiger partial charge in [-0.3, -0.25) is 9.80 Å². The van der Waals surface area contributed by atoms with E-state index in [-0.39, 0.29) is 12.1 Å². The van der Waals surface area contributed by atoms with Gasteiger partial charge in [-0.15, -0.1) is 9.73 Å². The molecule has 0 saturated carbocycles.